The van der Waals surface area contributed by atoms with Crippen molar-refractivity contribution in [3.63, 3.8) is 0 Å². The van der Waals surface area contributed by atoms with Crippen LogP contribution in [0.15, 0.2) is 101 Å². The molecule has 177 valence electrons. The average Bonchev–Trinajstić information content (AvgIpc) is 3.57. The summed E-state index contributed by atoms with van der Waals surface area (Å²) in [5.74, 6) is 0. The predicted octanol–water partition coefficient (Wildman–Crippen LogP) is 7.91. The summed E-state index contributed by atoms with van der Waals surface area (Å²) in [5, 5.41) is 4.79. The molecule has 1 radical (unpaired) electrons. The van der Waals surface area contributed by atoms with Crippen LogP contribution in [0.5, 0.6) is 0 Å². The van der Waals surface area contributed by atoms with Crippen molar-refractivity contribution in [2.24, 2.45) is 0 Å². The Morgan fingerprint density at radius 1 is 0.889 bits per heavy atom. The van der Waals surface area contributed by atoms with Crippen molar-refractivity contribution in [3.05, 3.63) is 114 Å². The molecule has 7 aromatic rings. The molecule has 6 heteroatoms. The van der Waals surface area contributed by atoms with Gasteiger partial charge < -0.3 is 14.4 Å². The number of thiophene rings is 1. The third-order valence-corrected chi connectivity index (χ3v) is 6.41. The summed E-state index contributed by atoms with van der Waals surface area (Å²) in [4.78, 5) is 13.0. The van der Waals surface area contributed by atoms with Gasteiger partial charge in [0, 0.05) is 47.7 Å². The van der Waals surface area contributed by atoms with E-state index in [-0.39, 0.29) is 25.8 Å². The van der Waals surface area contributed by atoms with E-state index in [1.165, 1.54) is 6.07 Å². The molecule has 0 spiro atoms. The second kappa shape index (κ2) is 10.5. The van der Waals surface area contributed by atoms with Crippen LogP contribution in [0.2, 0.25) is 0 Å². The van der Waals surface area contributed by atoms with Crippen molar-refractivity contribution in [3.8, 4) is 22.5 Å². The number of rotatable bonds is 2. The fourth-order valence-corrected chi connectivity index (χ4v) is 4.63. The number of pyridine rings is 3. The molecular formula is C30H19IrN3OS-2. The molecule has 0 aliphatic carbocycles. The van der Waals surface area contributed by atoms with E-state index in [1.54, 1.807) is 23.6 Å². The van der Waals surface area contributed by atoms with E-state index < -0.39 is 6.85 Å². The van der Waals surface area contributed by atoms with E-state index in [2.05, 4.69) is 27.1 Å². The minimum atomic E-state index is -2.27. The minimum absolute atomic E-state index is 0. The first-order chi connectivity index (χ1) is 18.5. The average molecular weight is 665 g/mol. The van der Waals surface area contributed by atoms with Crippen LogP contribution in [0.4, 0.5) is 0 Å². The second-order valence-electron chi connectivity index (χ2n) is 7.77. The topological polar surface area (TPSA) is 51.8 Å². The van der Waals surface area contributed by atoms with Crippen LogP contribution in [0.1, 0.15) is 9.81 Å². The summed E-state index contributed by atoms with van der Waals surface area (Å²) in [5.41, 5.74) is 4.45. The molecule has 0 saturated carbocycles. The zero-order chi connectivity index (χ0) is 26.1. The molecule has 5 heterocycles. The molecule has 0 atom stereocenters. The van der Waals surface area contributed by atoms with Gasteiger partial charge in [-0.15, -0.1) is 65.4 Å². The van der Waals surface area contributed by atoms with Gasteiger partial charge in [-0.3, -0.25) is 0 Å². The molecule has 0 N–H and O–H groups in total. The molecule has 0 amide bonds. The molecule has 0 fully saturated rings. The van der Waals surface area contributed by atoms with Crippen LogP contribution >= 0.6 is 11.3 Å². The standard InChI is InChI=1S/C19H11N2OS.C11H8N.Ir/c1-11-5-6-14-13-3-2-4-15(18(13)22-19(14)21-11)16-9-12-7-8-23-17(12)10-20-16;1-2-6-10(7-3-1)11-8-4-5-9-12-11;/h2-3,5-10H,1H3;1-6,8-9H;/q2*-1;/i1D3;;. The van der Waals surface area contributed by atoms with Crippen molar-refractivity contribution < 1.29 is 28.6 Å². The predicted molar refractivity (Wildman–Crippen MR) is 142 cm³/mol. The first-order valence-electron chi connectivity index (χ1n) is 12.4. The van der Waals surface area contributed by atoms with E-state index in [1.807, 2.05) is 78.3 Å². The smallest absolute Gasteiger partial charge is 0.216 e. The maximum atomic E-state index is 7.53. The number of benzene rings is 2. The van der Waals surface area contributed by atoms with Crippen LogP contribution in [0.3, 0.4) is 0 Å². The van der Waals surface area contributed by atoms with E-state index in [0.717, 1.165) is 43.4 Å². The molecule has 7 rings (SSSR count). The second-order valence-corrected chi connectivity index (χ2v) is 8.71. The van der Waals surface area contributed by atoms with E-state index in [4.69, 9.17) is 8.53 Å². The number of hydrogen-bond acceptors (Lipinski definition) is 5. The van der Waals surface area contributed by atoms with Gasteiger partial charge >= 0.3 is 0 Å². The van der Waals surface area contributed by atoms with Gasteiger partial charge in [-0.2, -0.15) is 0 Å². The zero-order valence-corrected chi connectivity index (χ0v) is 21.9. The van der Waals surface area contributed by atoms with Crippen LogP contribution in [0.25, 0.3) is 54.7 Å². The van der Waals surface area contributed by atoms with E-state index >= 15 is 0 Å². The van der Waals surface area contributed by atoms with Gasteiger partial charge in [-0.1, -0.05) is 29.1 Å². The maximum absolute atomic E-state index is 7.53. The molecule has 0 aliphatic rings. The zero-order valence-electron chi connectivity index (χ0n) is 21.7. The van der Waals surface area contributed by atoms with Gasteiger partial charge in [0.15, 0.2) is 0 Å². The summed E-state index contributed by atoms with van der Waals surface area (Å²) in [6, 6.07) is 31.1. The van der Waals surface area contributed by atoms with E-state index in [9.17, 15) is 0 Å². The van der Waals surface area contributed by atoms with Crippen LogP contribution in [0, 0.1) is 19.0 Å². The Morgan fingerprint density at radius 3 is 2.67 bits per heavy atom. The van der Waals surface area contributed by atoms with Crippen molar-refractivity contribution in [1.82, 2.24) is 15.0 Å². The molecule has 4 nitrogen and oxygen atoms in total. The summed E-state index contributed by atoms with van der Waals surface area (Å²) in [7, 11) is 0. The van der Waals surface area contributed by atoms with Gasteiger partial charge in [-0.05, 0) is 53.3 Å². The van der Waals surface area contributed by atoms with Crippen LogP contribution in [-0.2, 0) is 20.1 Å². The Bertz CT molecular complexity index is 1830. The Kier molecular flexibility index (Phi) is 5.98. The third kappa shape index (κ3) is 4.71. The Morgan fingerprint density at radius 2 is 1.83 bits per heavy atom. The van der Waals surface area contributed by atoms with Gasteiger partial charge in [0.05, 0.1) is 10.3 Å². The van der Waals surface area contributed by atoms with Crippen LogP contribution in [-0.4, -0.2) is 15.0 Å². The monoisotopic (exact) mass is 665 g/mol. The molecule has 0 bridgehead atoms. The normalized spacial score (nSPS) is 12.3. The quantitative estimate of drug-likeness (QED) is 0.176. The van der Waals surface area contributed by atoms with Crippen molar-refractivity contribution in [1.29, 1.82) is 0 Å². The molecule has 2 aromatic carbocycles. The van der Waals surface area contributed by atoms with Gasteiger partial charge in [-0.25, -0.2) is 4.98 Å². The first-order valence-corrected chi connectivity index (χ1v) is 11.8. The van der Waals surface area contributed by atoms with E-state index in [0.29, 0.717) is 11.3 Å². The Labute approximate surface area is 230 Å². The van der Waals surface area contributed by atoms with Gasteiger partial charge in [0.2, 0.25) is 5.71 Å². The first kappa shape index (κ1) is 20.5. The largest absolute Gasteiger partial charge is 0.486 e. The number of aromatic nitrogens is 3. The summed E-state index contributed by atoms with van der Waals surface area (Å²) in [6.07, 6.45) is 3.63. The fraction of sp³-hybridized carbons (Fsp3) is 0.0333. The maximum Gasteiger partial charge on any atom is 0.216 e. The molecule has 0 unspecified atom stereocenters. The number of nitrogens with zero attached hydrogens (tertiary/aromatic N) is 3. The summed E-state index contributed by atoms with van der Waals surface area (Å²) >= 11 is 1.64. The van der Waals surface area contributed by atoms with Crippen molar-refractivity contribution in [2.75, 3.05) is 0 Å². The van der Waals surface area contributed by atoms with Gasteiger partial charge in [0.1, 0.15) is 0 Å². The molecular weight excluding hydrogens is 643 g/mol. The number of hydrogen-bond donors (Lipinski definition) is 0. The minimum Gasteiger partial charge on any atom is -0.486 e. The van der Waals surface area contributed by atoms with Gasteiger partial charge in [0.25, 0.3) is 0 Å². The molecule has 36 heavy (non-hydrogen) atoms. The third-order valence-electron chi connectivity index (χ3n) is 5.54. The number of fused-ring (bicyclic) bond motifs is 4. The summed E-state index contributed by atoms with van der Waals surface area (Å²) < 4.78 is 29.7. The molecule has 0 aliphatic heterocycles. The number of furan rings is 1. The Hall–Kier alpha value is -3.70. The molecule has 5 aromatic heterocycles. The molecule has 0 saturated heterocycles. The SMILES string of the molecule is [2H]C([2H])([2H])c1ccc2c(n1)oc1c(-c3cc4ccsc4cn3)[c-]ccc12.[Ir].[c-]1ccccc1-c1ccccn1. The Balaban J connectivity index is 0.000000200. The fourth-order valence-electron chi connectivity index (χ4n) is 3.89. The number of aryl methyl sites for hydroxylation is 1. The van der Waals surface area contributed by atoms with Crippen LogP contribution < -0.4 is 0 Å². The summed E-state index contributed by atoms with van der Waals surface area (Å²) in [6.45, 7) is -2.27. The van der Waals surface area contributed by atoms with Crippen molar-refractivity contribution >= 4 is 43.5 Å². The van der Waals surface area contributed by atoms with Crippen molar-refractivity contribution in [2.45, 2.75) is 6.85 Å².